The highest BCUT2D eigenvalue weighted by Gasteiger charge is 2.04. The molecule has 0 atom stereocenters. The smallest absolute Gasteiger partial charge is 0.157 e. The highest BCUT2D eigenvalue weighted by molar-refractivity contribution is 6.32. The Bertz CT molecular complexity index is 295. The molecule has 0 saturated carbocycles. The summed E-state index contributed by atoms with van der Waals surface area (Å²) >= 11 is 5.70. The van der Waals surface area contributed by atoms with Gasteiger partial charge in [0, 0.05) is 13.2 Å². The molecule has 1 rings (SSSR count). The molecule has 1 heterocycles. The lowest BCUT2D eigenvalue weighted by Gasteiger charge is -2.07. The molecule has 1 aromatic heterocycles. The Hall–Kier alpha value is -1.07. The van der Waals surface area contributed by atoms with Crippen molar-refractivity contribution in [1.82, 2.24) is 9.97 Å². The average molecular weight is 217 g/mol. The van der Waals surface area contributed by atoms with Crippen molar-refractivity contribution in [3.63, 3.8) is 0 Å². The fourth-order valence-electron chi connectivity index (χ4n) is 0.959. The highest BCUT2D eigenvalue weighted by Crippen LogP contribution is 2.21. The third kappa shape index (κ3) is 3.01. The first-order valence-electron chi connectivity index (χ1n) is 4.36. The monoisotopic (exact) mass is 216 g/mol. The van der Waals surface area contributed by atoms with E-state index in [0.29, 0.717) is 18.1 Å². The Morgan fingerprint density at radius 3 is 2.93 bits per heavy atom. The van der Waals surface area contributed by atoms with Gasteiger partial charge in [-0.1, -0.05) is 11.6 Å². The van der Waals surface area contributed by atoms with E-state index in [1.165, 1.54) is 6.33 Å². The van der Waals surface area contributed by atoms with E-state index in [4.69, 9.17) is 22.4 Å². The van der Waals surface area contributed by atoms with Crippen LogP contribution in [0.4, 0.5) is 11.5 Å². The van der Waals surface area contributed by atoms with Gasteiger partial charge >= 0.3 is 0 Å². The van der Waals surface area contributed by atoms with Gasteiger partial charge in [0.2, 0.25) is 0 Å². The van der Waals surface area contributed by atoms with Crippen molar-refractivity contribution in [1.29, 1.82) is 0 Å². The van der Waals surface area contributed by atoms with Gasteiger partial charge in [0.15, 0.2) is 11.0 Å². The summed E-state index contributed by atoms with van der Waals surface area (Å²) in [6.45, 7) is 0.903. The standard InChI is InChI=1S/C8H13ClN4O/c9-7-6(10)8(13-5-12-7)11-3-1-2-4-14/h5,14H,1-4,10H2,(H,11,12,13). The Balaban J connectivity index is 2.46. The fraction of sp³-hybridized carbons (Fsp3) is 0.500. The maximum atomic E-state index is 8.56. The van der Waals surface area contributed by atoms with Crippen LogP contribution in [0.2, 0.25) is 5.15 Å². The van der Waals surface area contributed by atoms with E-state index in [0.717, 1.165) is 12.8 Å². The number of nitrogens with zero attached hydrogens (tertiary/aromatic N) is 2. The van der Waals surface area contributed by atoms with Gasteiger partial charge < -0.3 is 16.2 Å². The predicted octanol–water partition coefficient (Wildman–Crippen LogP) is 0.897. The third-order valence-corrected chi connectivity index (χ3v) is 2.01. The first-order chi connectivity index (χ1) is 6.75. The van der Waals surface area contributed by atoms with E-state index >= 15 is 0 Å². The molecule has 1 aromatic rings. The molecule has 6 heteroatoms. The summed E-state index contributed by atoms with van der Waals surface area (Å²) in [4.78, 5) is 7.68. The second-order valence-corrected chi connectivity index (χ2v) is 3.14. The first-order valence-corrected chi connectivity index (χ1v) is 4.74. The molecular formula is C8H13ClN4O. The van der Waals surface area contributed by atoms with Crippen LogP contribution in [-0.4, -0.2) is 28.2 Å². The number of aliphatic hydroxyl groups excluding tert-OH is 1. The number of rotatable bonds is 5. The molecule has 0 aromatic carbocycles. The summed E-state index contributed by atoms with van der Waals surface area (Å²) in [5, 5.41) is 11.8. The van der Waals surface area contributed by atoms with Crippen LogP contribution < -0.4 is 11.1 Å². The summed E-state index contributed by atoms with van der Waals surface area (Å²) in [6, 6.07) is 0. The van der Waals surface area contributed by atoms with Crippen LogP contribution in [0.5, 0.6) is 0 Å². The van der Waals surface area contributed by atoms with Crippen molar-refractivity contribution in [2.75, 3.05) is 24.2 Å². The van der Waals surface area contributed by atoms with Crippen LogP contribution in [0.15, 0.2) is 6.33 Å². The van der Waals surface area contributed by atoms with Crippen LogP contribution in [0.3, 0.4) is 0 Å². The summed E-state index contributed by atoms with van der Waals surface area (Å²) in [5.74, 6) is 0.544. The Morgan fingerprint density at radius 1 is 1.43 bits per heavy atom. The van der Waals surface area contributed by atoms with Crippen molar-refractivity contribution < 1.29 is 5.11 Å². The van der Waals surface area contributed by atoms with Crippen molar-refractivity contribution in [3.05, 3.63) is 11.5 Å². The van der Waals surface area contributed by atoms with Crippen LogP contribution >= 0.6 is 11.6 Å². The molecule has 0 aliphatic rings. The van der Waals surface area contributed by atoms with E-state index in [2.05, 4.69) is 15.3 Å². The predicted molar refractivity (Wildman–Crippen MR) is 56.3 cm³/mol. The molecule has 78 valence electrons. The minimum atomic E-state index is 0.196. The van der Waals surface area contributed by atoms with Gasteiger partial charge in [-0.25, -0.2) is 9.97 Å². The molecule has 0 spiro atoms. The molecule has 0 aliphatic carbocycles. The van der Waals surface area contributed by atoms with E-state index in [1.807, 2.05) is 0 Å². The molecule has 0 bridgehead atoms. The van der Waals surface area contributed by atoms with Gasteiger partial charge in [-0.15, -0.1) is 0 Å². The molecule has 0 fully saturated rings. The number of hydrogen-bond acceptors (Lipinski definition) is 5. The fourth-order valence-corrected chi connectivity index (χ4v) is 1.09. The number of nitrogens with one attached hydrogen (secondary N) is 1. The lowest BCUT2D eigenvalue weighted by atomic mass is 10.3. The molecule has 0 radical (unpaired) electrons. The summed E-state index contributed by atoms with van der Waals surface area (Å²) in [7, 11) is 0. The molecule has 5 nitrogen and oxygen atoms in total. The van der Waals surface area contributed by atoms with Crippen molar-refractivity contribution in [2.24, 2.45) is 0 Å². The van der Waals surface area contributed by atoms with Gasteiger partial charge in [0.05, 0.1) is 0 Å². The zero-order chi connectivity index (χ0) is 10.4. The number of unbranched alkanes of at least 4 members (excludes halogenated alkanes) is 1. The largest absolute Gasteiger partial charge is 0.396 e. The molecule has 0 amide bonds. The topological polar surface area (TPSA) is 84.1 Å². The van der Waals surface area contributed by atoms with Crippen molar-refractivity contribution in [3.8, 4) is 0 Å². The van der Waals surface area contributed by atoms with Gasteiger partial charge in [0.25, 0.3) is 0 Å². The zero-order valence-electron chi connectivity index (χ0n) is 7.70. The number of nitrogen functional groups attached to an aromatic ring is 1. The minimum Gasteiger partial charge on any atom is -0.396 e. The van der Waals surface area contributed by atoms with Gasteiger partial charge in [-0.2, -0.15) is 0 Å². The van der Waals surface area contributed by atoms with Crippen LogP contribution in [0, 0.1) is 0 Å². The van der Waals surface area contributed by atoms with Gasteiger partial charge in [-0.3, -0.25) is 0 Å². The summed E-state index contributed by atoms with van der Waals surface area (Å²) in [5.41, 5.74) is 5.99. The van der Waals surface area contributed by atoms with Crippen LogP contribution in [-0.2, 0) is 0 Å². The average Bonchev–Trinajstić information content (AvgIpc) is 2.19. The third-order valence-electron chi connectivity index (χ3n) is 1.71. The lowest BCUT2D eigenvalue weighted by molar-refractivity contribution is 0.286. The Kier molecular flexibility index (Phi) is 4.42. The number of anilines is 2. The van der Waals surface area contributed by atoms with Gasteiger partial charge in [-0.05, 0) is 12.8 Å². The number of aromatic nitrogens is 2. The summed E-state index contributed by atoms with van der Waals surface area (Å²) in [6.07, 6.45) is 2.97. The van der Waals surface area contributed by atoms with Crippen LogP contribution in [0.1, 0.15) is 12.8 Å². The van der Waals surface area contributed by atoms with Crippen LogP contribution in [0.25, 0.3) is 0 Å². The minimum absolute atomic E-state index is 0.196. The SMILES string of the molecule is Nc1c(Cl)ncnc1NCCCCO. The second kappa shape index (κ2) is 5.62. The molecule has 14 heavy (non-hydrogen) atoms. The Labute approximate surface area is 87.3 Å². The van der Waals surface area contributed by atoms with E-state index in [1.54, 1.807) is 0 Å². The first kappa shape index (κ1) is 11.0. The molecule has 4 N–H and O–H groups in total. The maximum Gasteiger partial charge on any atom is 0.157 e. The number of aliphatic hydroxyl groups is 1. The number of hydrogen-bond donors (Lipinski definition) is 3. The summed E-state index contributed by atoms with van der Waals surface area (Å²) < 4.78 is 0. The van der Waals surface area contributed by atoms with E-state index in [-0.39, 0.29) is 11.8 Å². The molecule has 0 aliphatic heterocycles. The number of halogens is 1. The normalized spacial score (nSPS) is 10.1. The van der Waals surface area contributed by atoms with Gasteiger partial charge in [0.1, 0.15) is 12.0 Å². The van der Waals surface area contributed by atoms with Crippen molar-refractivity contribution in [2.45, 2.75) is 12.8 Å². The number of nitrogens with two attached hydrogens (primary N) is 1. The zero-order valence-corrected chi connectivity index (χ0v) is 8.46. The highest BCUT2D eigenvalue weighted by atomic mass is 35.5. The Morgan fingerprint density at radius 2 is 2.21 bits per heavy atom. The maximum absolute atomic E-state index is 8.56. The van der Waals surface area contributed by atoms with E-state index in [9.17, 15) is 0 Å². The second-order valence-electron chi connectivity index (χ2n) is 2.78. The molecular weight excluding hydrogens is 204 g/mol. The quantitative estimate of drug-likeness (QED) is 0.503. The van der Waals surface area contributed by atoms with Crippen molar-refractivity contribution >= 4 is 23.1 Å². The molecule has 0 unspecified atom stereocenters. The molecule has 0 saturated heterocycles. The lowest BCUT2D eigenvalue weighted by Crippen LogP contribution is -2.07. The van der Waals surface area contributed by atoms with E-state index < -0.39 is 0 Å².